The predicted octanol–water partition coefficient (Wildman–Crippen LogP) is 5.19. The second kappa shape index (κ2) is 9.70. The molecule has 2 aliphatic rings. The number of thiazole rings is 1. The van der Waals surface area contributed by atoms with Gasteiger partial charge in [0.25, 0.3) is 5.91 Å². The second-order valence-electron chi connectivity index (χ2n) is 10.9. The van der Waals surface area contributed by atoms with E-state index < -0.39 is 0 Å². The maximum absolute atomic E-state index is 13.3. The summed E-state index contributed by atoms with van der Waals surface area (Å²) in [7, 11) is 0. The summed E-state index contributed by atoms with van der Waals surface area (Å²) in [5.74, 6) is 0.536. The fourth-order valence-electron chi connectivity index (χ4n) is 5.30. The first-order chi connectivity index (χ1) is 16.4. The Morgan fingerprint density at radius 2 is 1.97 bits per heavy atom. The number of fused-ring (bicyclic) bond motifs is 2. The average Bonchev–Trinajstić information content (AvgIpc) is 3.49. The molecule has 2 atom stereocenters. The maximum atomic E-state index is 13.3. The van der Waals surface area contributed by atoms with Crippen LogP contribution in [0, 0.1) is 11.3 Å². The van der Waals surface area contributed by atoms with Crippen LogP contribution in [0.15, 0.2) is 30.6 Å². The number of aromatic nitrogens is 3. The Labute approximate surface area is 206 Å². The number of carbonyl (C=O) groups excluding carboxylic acids is 1. The van der Waals surface area contributed by atoms with Crippen molar-refractivity contribution < 1.29 is 4.79 Å². The zero-order valence-electron chi connectivity index (χ0n) is 20.5. The lowest BCUT2D eigenvalue weighted by Gasteiger charge is -2.34. The molecule has 1 aliphatic carbocycles. The quantitative estimate of drug-likeness (QED) is 0.529. The number of likely N-dealkylation sites (tertiary alicyclic amines) is 1. The monoisotopic (exact) mass is 477 g/mol. The summed E-state index contributed by atoms with van der Waals surface area (Å²) in [5, 5.41) is 3.76. The fourth-order valence-corrected chi connectivity index (χ4v) is 6.15. The highest BCUT2D eigenvalue weighted by Crippen LogP contribution is 2.38. The fraction of sp³-hybridized carbons (Fsp3) is 0.556. The van der Waals surface area contributed by atoms with Gasteiger partial charge in [-0.15, -0.1) is 0 Å². The molecule has 34 heavy (non-hydrogen) atoms. The summed E-state index contributed by atoms with van der Waals surface area (Å²) in [6, 6.07) is 6.11. The van der Waals surface area contributed by atoms with Crippen molar-refractivity contribution >= 4 is 27.6 Å². The summed E-state index contributed by atoms with van der Waals surface area (Å²) < 4.78 is 0. The van der Waals surface area contributed by atoms with Crippen LogP contribution in [0.2, 0.25) is 0 Å². The molecular formula is C27H35N5OS. The molecule has 1 fully saturated rings. The Morgan fingerprint density at radius 1 is 1.21 bits per heavy atom. The van der Waals surface area contributed by atoms with E-state index >= 15 is 0 Å². The van der Waals surface area contributed by atoms with Crippen LogP contribution in [0.3, 0.4) is 0 Å². The van der Waals surface area contributed by atoms with Gasteiger partial charge >= 0.3 is 0 Å². The number of hydrogen-bond donors (Lipinski definition) is 1. The first-order valence-electron chi connectivity index (χ1n) is 12.6. The van der Waals surface area contributed by atoms with Crippen LogP contribution in [-0.2, 0) is 12.8 Å². The van der Waals surface area contributed by atoms with Gasteiger partial charge in [-0.1, -0.05) is 32.1 Å². The number of rotatable bonds is 6. The third-order valence-corrected chi connectivity index (χ3v) is 8.48. The summed E-state index contributed by atoms with van der Waals surface area (Å²) in [5.41, 5.74) is 4.71. The van der Waals surface area contributed by atoms with Crippen molar-refractivity contribution in [3.05, 3.63) is 52.4 Å². The molecule has 180 valence electrons. The van der Waals surface area contributed by atoms with Crippen molar-refractivity contribution in [3.63, 3.8) is 0 Å². The van der Waals surface area contributed by atoms with Crippen molar-refractivity contribution in [3.8, 4) is 0 Å². The van der Waals surface area contributed by atoms with Crippen LogP contribution in [-0.4, -0.2) is 45.4 Å². The van der Waals surface area contributed by atoms with E-state index in [1.165, 1.54) is 41.9 Å². The van der Waals surface area contributed by atoms with Gasteiger partial charge in [0.2, 0.25) is 0 Å². The van der Waals surface area contributed by atoms with Crippen molar-refractivity contribution in [1.29, 1.82) is 0 Å². The van der Waals surface area contributed by atoms with E-state index in [1.807, 2.05) is 12.1 Å². The van der Waals surface area contributed by atoms with E-state index in [9.17, 15) is 4.79 Å². The minimum absolute atomic E-state index is 0.0585. The van der Waals surface area contributed by atoms with Gasteiger partial charge in [-0.3, -0.25) is 9.78 Å². The Kier molecular flexibility index (Phi) is 6.67. The van der Waals surface area contributed by atoms with E-state index in [0.717, 1.165) is 54.8 Å². The molecular weight excluding hydrogens is 442 g/mol. The van der Waals surface area contributed by atoms with Crippen LogP contribution in [0.25, 0.3) is 10.3 Å². The molecule has 4 heterocycles. The Hall–Kier alpha value is -2.38. The minimum Gasteiger partial charge on any atom is -0.343 e. The number of nitrogens with zero attached hydrogens (tertiary/aromatic N) is 4. The van der Waals surface area contributed by atoms with Gasteiger partial charge < -0.3 is 10.2 Å². The molecule has 1 amide bonds. The molecule has 3 aromatic heterocycles. The molecule has 7 heteroatoms. The lowest BCUT2D eigenvalue weighted by atomic mass is 9.71. The number of hydrogen-bond acceptors (Lipinski definition) is 6. The average molecular weight is 478 g/mol. The summed E-state index contributed by atoms with van der Waals surface area (Å²) in [4.78, 5) is 30.4. The molecule has 0 saturated carbocycles. The van der Waals surface area contributed by atoms with E-state index in [0.29, 0.717) is 10.9 Å². The molecule has 3 aromatic rings. The molecule has 0 bridgehead atoms. The second-order valence-corrected chi connectivity index (χ2v) is 11.9. The van der Waals surface area contributed by atoms with Gasteiger partial charge in [0.15, 0.2) is 5.01 Å². The van der Waals surface area contributed by atoms with Crippen molar-refractivity contribution in [2.45, 2.75) is 65.3 Å². The summed E-state index contributed by atoms with van der Waals surface area (Å²) in [6.07, 6.45) is 10.2. The first-order valence-corrected chi connectivity index (χ1v) is 13.4. The third-order valence-electron chi connectivity index (χ3n) is 7.51. The molecule has 1 unspecified atom stereocenters. The summed E-state index contributed by atoms with van der Waals surface area (Å²) >= 11 is 1.41. The molecule has 0 aromatic carbocycles. The molecule has 1 N–H and O–H groups in total. The lowest BCUT2D eigenvalue weighted by Crippen LogP contribution is -2.32. The van der Waals surface area contributed by atoms with Crippen molar-refractivity contribution in [2.24, 2.45) is 11.3 Å². The van der Waals surface area contributed by atoms with Crippen LogP contribution in [0.5, 0.6) is 0 Å². The molecule has 0 radical (unpaired) electrons. The zero-order valence-corrected chi connectivity index (χ0v) is 21.3. The van der Waals surface area contributed by atoms with Crippen LogP contribution < -0.4 is 5.32 Å². The van der Waals surface area contributed by atoms with E-state index in [2.05, 4.69) is 42.0 Å². The standard InChI is InChI=1S/C27H35N5OS/c1-27(2,3)20-6-7-21-19(16-20)17-23-25(30-21)34-26(31-23)24(33)29-22(18-8-11-28-12-9-18)10-15-32-13-4-5-14-32/h8-9,11-12,17,20,22H,4-7,10,13-16H2,1-3H3,(H,29,33)/t20-,22?/m0/s1. The Balaban J connectivity index is 1.34. The minimum atomic E-state index is -0.114. The van der Waals surface area contributed by atoms with Crippen LogP contribution in [0.4, 0.5) is 0 Å². The van der Waals surface area contributed by atoms with Gasteiger partial charge in [-0.2, -0.15) is 0 Å². The highest BCUT2D eigenvalue weighted by Gasteiger charge is 2.30. The first kappa shape index (κ1) is 23.4. The largest absolute Gasteiger partial charge is 0.343 e. The zero-order chi connectivity index (χ0) is 23.7. The Bertz CT molecular complexity index is 1150. The molecule has 1 saturated heterocycles. The van der Waals surface area contributed by atoms with Gasteiger partial charge in [0.05, 0.1) is 6.04 Å². The molecule has 0 spiro atoms. The third kappa shape index (κ3) is 5.15. The van der Waals surface area contributed by atoms with Gasteiger partial charge in [0.1, 0.15) is 10.3 Å². The lowest BCUT2D eigenvalue weighted by molar-refractivity contribution is 0.0932. The number of nitrogens with one attached hydrogen (secondary N) is 1. The van der Waals surface area contributed by atoms with Gasteiger partial charge in [0, 0.05) is 24.6 Å². The van der Waals surface area contributed by atoms with Crippen molar-refractivity contribution in [1.82, 2.24) is 25.2 Å². The number of carbonyl (C=O) groups is 1. The predicted molar refractivity (Wildman–Crippen MR) is 137 cm³/mol. The highest BCUT2D eigenvalue weighted by atomic mass is 32.1. The smallest absolute Gasteiger partial charge is 0.280 e. The molecule has 6 nitrogen and oxygen atoms in total. The van der Waals surface area contributed by atoms with E-state index in [4.69, 9.17) is 9.97 Å². The maximum Gasteiger partial charge on any atom is 0.280 e. The number of pyridine rings is 2. The molecule has 1 aliphatic heterocycles. The number of amides is 1. The van der Waals surface area contributed by atoms with Crippen molar-refractivity contribution in [2.75, 3.05) is 19.6 Å². The van der Waals surface area contributed by atoms with E-state index in [1.54, 1.807) is 12.4 Å². The van der Waals surface area contributed by atoms with Crippen LogP contribution >= 0.6 is 11.3 Å². The summed E-state index contributed by atoms with van der Waals surface area (Å²) in [6.45, 7) is 10.3. The molecule has 5 rings (SSSR count). The Morgan fingerprint density at radius 3 is 2.71 bits per heavy atom. The van der Waals surface area contributed by atoms with E-state index in [-0.39, 0.29) is 17.4 Å². The highest BCUT2D eigenvalue weighted by molar-refractivity contribution is 7.19. The topological polar surface area (TPSA) is 71.0 Å². The number of aryl methyl sites for hydroxylation is 1. The normalized spacial score (nSPS) is 19.8. The van der Waals surface area contributed by atoms with Gasteiger partial charge in [-0.05, 0) is 92.3 Å². The SMILES string of the molecule is CC(C)(C)[C@H]1CCc2nc3sc(C(=O)NC(CCN4CCCC4)c4ccncc4)nc3cc2C1. The van der Waals surface area contributed by atoms with Crippen LogP contribution in [0.1, 0.15) is 79.1 Å². The van der Waals surface area contributed by atoms with Gasteiger partial charge in [-0.25, -0.2) is 9.97 Å².